The van der Waals surface area contributed by atoms with Gasteiger partial charge in [-0.2, -0.15) is 0 Å². The second kappa shape index (κ2) is 11.9. The molecule has 1 aliphatic carbocycles. The third-order valence-corrected chi connectivity index (χ3v) is 5.74. The number of nitrogens with zero attached hydrogens (tertiary/aromatic N) is 2. The van der Waals surface area contributed by atoms with Crippen molar-refractivity contribution in [3.8, 4) is 0 Å². The van der Waals surface area contributed by atoms with E-state index in [1.165, 1.54) is 12.0 Å². The molecule has 0 radical (unpaired) electrons. The first-order valence-electron chi connectivity index (χ1n) is 9.99. The summed E-state index contributed by atoms with van der Waals surface area (Å²) in [6.45, 7) is 6.17. The largest absolute Gasteiger partial charge is 0.338 e. The molecule has 154 valence electrons. The van der Waals surface area contributed by atoms with Crippen LogP contribution >= 0.6 is 24.8 Å². The van der Waals surface area contributed by atoms with Gasteiger partial charge >= 0.3 is 0 Å². The number of hydrogen-bond donors (Lipinski definition) is 1. The van der Waals surface area contributed by atoms with Gasteiger partial charge in [0.05, 0.1) is 0 Å². The zero-order valence-corrected chi connectivity index (χ0v) is 18.0. The summed E-state index contributed by atoms with van der Waals surface area (Å²) in [5, 5.41) is 0. The van der Waals surface area contributed by atoms with Crippen LogP contribution < -0.4 is 5.73 Å². The first kappa shape index (κ1) is 24.2. The van der Waals surface area contributed by atoms with Crippen LogP contribution in [0, 0.1) is 5.92 Å². The minimum absolute atomic E-state index is 0. The lowest BCUT2D eigenvalue weighted by Gasteiger charge is -2.40. The van der Waals surface area contributed by atoms with Crippen molar-refractivity contribution < 1.29 is 4.79 Å². The van der Waals surface area contributed by atoms with Crippen molar-refractivity contribution in [2.24, 2.45) is 11.7 Å². The van der Waals surface area contributed by atoms with Crippen molar-refractivity contribution in [1.82, 2.24) is 9.80 Å². The summed E-state index contributed by atoms with van der Waals surface area (Å²) in [6.07, 6.45) is 6.19. The van der Waals surface area contributed by atoms with E-state index in [0.29, 0.717) is 11.9 Å². The third-order valence-electron chi connectivity index (χ3n) is 5.74. The Morgan fingerprint density at radius 2 is 1.93 bits per heavy atom. The van der Waals surface area contributed by atoms with Gasteiger partial charge in [-0.05, 0) is 50.6 Å². The minimum atomic E-state index is 0. The first-order chi connectivity index (χ1) is 12.2. The van der Waals surface area contributed by atoms with Gasteiger partial charge in [0.25, 0.3) is 0 Å². The average molecular weight is 416 g/mol. The molecule has 1 aromatic carbocycles. The number of carbonyl (C=O) groups is 1. The van der Waals surface area contributed by atoms with Gasteiger partial charge < -0.3 is 10.6 Å². The Labute approximate surface area is 176 Å². The molecule has 2 aliphatic rings. The zero-order chi connectivity index (χ0) is 17.6. The van der Waals surface area contributed by atoms with E-state index in [1.807, 2.05) is 0 Å². The van der Waals surface area contributed by atoms with Crippen LogP contribution in [-0.2, 0) is 11.3 Å². The summed E-state index contributed by atoms with van der Waals surface area (Å²) in [7, 11) is 0. The van der Waals surface area contributed by atoms with Crippen LogP contribution in [-0.4, -0.2) is 47.4 Å². The maximum atomic E-state index is 13.1. The van der Waals surface area contributed by atoms with Crippen LogP contribution in [0.3, 0.4) is 0 Å². The predicted molar refractivity (Wildman–Crippen MR) is 117 cm³/mol. The molecule has 3 unspecified atom stereocenters. The second-order valence-corrected chi connectivity index (χ2v) is 7.82. The topological polar surface area (TPSA) is 49.6 Å². The monoisotopic (exact) mass is 415 g/mol. The average Bonchev–Trinajstić information content (AvgIpc) is 3.07. The zero-order valence-electron chi connectivity index (χ0n) is 16.4. The number of halogens is 2. The molecule has 1 amide bonds. The fourth-order valence-electron chi connectivity index (χ4n) is 4.46. The lowest BCUT2D eigenvalue weighted by Crippen LogP contribution is -2.51. The Balaban J connectivity index is 0.00000182. The first-order valence-corrected chi connectivity index (χ1v) is 9.99. The minimum Gasteiger partial charge on any atom is -0.338 e. The Morgan fingerprint density at radius 1 is 1.19 bits per heavy atom. The fraction of sp³-hybridized carbons (Fsp3) is 0.667. The highest BCUT2D eigenvalue weighted by atomic mass is 35.5. The standard InChI is InChI=1S/C21H33N3O.2ClH/c1-2-12-24(21(25)18-10-11-19(22)14-18)20-9-6-13-23(16-20)15-17-7-4-3-5-8-17;;/h3-5,7-8,18-20H,2,6,9-16,22H2,1H3;2*1H. The Hall–Kier alpha value is -0.810. The van der Waals surface area contributed by atoms with Crippen molar-refractivity contribution in [2.75, 3.05) is 19.6 Å². The maximum Gasteiger partial charge on any atom is 0.226 e. The lowest BCUT2D eigenvalue weighted by molar-refractivity contribution is -0.139. The molecule has 1 heterocycles. The van der Waals surface area contributed by atoms with Gasteiger partial charge in [-0.25, -0.2) is 0 Å². The van der Waals surface area contributed by atoms with E-state index in [0.717, 1.165) is 58.3 Å². The number of rotatable bonds is 6. The molecule has 27 heavy (non-hydrogen) atoms. The summed E-state index contributed by atoms with van der Waals surface area (Å²) in [6, 6.07) is 11.2. The van der Waals surface area contributed by atoms with E-state index >= 15 is 0 Å². The fourth-order valence-corrected chi connectivity index (χ4v) is 4.46. The van der Waals surface area contributed by atoms with Gasteiger partial charge in [0.1, 0.15) is 0 Å². The number of piperidine rings is 1. The van der Waals surface area contributed by atoms with E-state index in [1.54, 1.807) is 0 Å². The molecule has 3 rings (SSSR count). The van der Waals surface area contributed by atoms with Gasteiger partial charge in [-0.15, -0.1) is 24.8 Å². The smallest absolute Gasteiger partial charge is 0.226 e. The van der Waals surface area contributed by atoms with Crippen molar-refractivity contribution in [3.63, 3.8) is 0 Å². The second-order valence-electron chi connectivity index (χ2n) is 7.82. The molecule has 1 aromatic rings. The molecule has 1 saturated carbocycles. The number of hydrogen-bond acceptors (Lipinski definition) is 3. The SMILES string of the molecule is CCCN(C(=O)C1CCC(N)C1)C1CCCN(Cc2ccccc2)C1.Cl.Cl. The highest BCUT2D eigenvalue weighted by molar-refractivity contribution is 5.85. The number of carbonyl (C=O) groups excluding carboxylic acids is 1. The van der Waals surface area contributed by atoms with Crippen molar-refractivity contribution in [1.29, 1.82) is 0 Å². The maximum absolute atomic E-state index is 13.1. The van der Waals surface area contributed by atoms with Crippen LogP contribution in [0.2, 0.25) is 0 Å². The van der Waals surface area contributed by atoms with Crippen LogP contribution in [0.1, 0.15) is 51.0 Å². The van der Waals surface area contributed by atoms with Crippen LogP contribution in [0.15, 0.2) is 30.3 Å². The molecule has 0 aromatic heterocycles. The van der Waals surface area contributed by atoms with E-state index in [9.17, 15) is 4.79 Å². The highest BCUT2D eigenvalue weighted by Crippen LogP contribution is 2.28. The number of likely N-dealkylation sites (tertiary alicyclic amines) is 1. The summed E-state index contributed by atoms with van der Waals surface area (Å²) in [5.41, 5.74) is 7.40. The number of benzene rings is 1. The Kier molecular flexibility index (Phi) is 10.7. The lowest BCUT2D eigenvalue weighted by atomic mass is 9.99. The Morgan fingerprint density at radius 3 is 2.56 bits per heavy atom. The third kappa shape index (κ3) is 6.63. The van der Waals surface area contributed by atoms with E-state index in [2.05, 4.69) is 47.1 Å². The van der Waals surface area contributed by atoms with E-state index in [-0.39, 0.29) is 36.8 Å². The molecule has 0 bridgehead atoms. The summed E-state index contributed by atoms with van der Waals surface area (Å²) in [4.78, 5) is 17.8. The van der Waals surface area contributed by atoms with Gasteiger partial charge in [-0.1, -0.05) is 37.3 Å². The van der Waals surface area contributed by atoms with E-state index in [4.69, 9.17) is 5.73 Å². The van der Waals surface area contributed by atoms with Crippen molar-refractivity contribution in [2.45, 2.75) is 64.1 Å². The highest BCUT2D eigenvalue weighted by Gasteiger charge is 2.35. The predicted octanol–water partition coefficient (Wildman–Crippen LogP) is 3.86. The molecular weight excluding hydrogens is 381 g/mol. The summed E-state index contributed by atoms with van der Waals surface area (Å²) >= 11 is 0. The van der Waals surface area contributed by atoms with Gasteiger partial charge in [0, 0.05) is 37.6 Å². The van der Waals surface area contributed by atoms with E-state index < -0.39 is 0 Å². The van der Waals surface area contributed by atoms with Crippen LogP contribution in [0.25, 0.3) is 0 Å². The Bertz CT molecular complexity index is 558. The molecule has 6 heteroatoms. The molecule has 1 aliphatic heterocycles. The number of amides is 1. The molecule has 2 N–H and O–H groups in total. The molecule has 0 spiro atoms. The van der Waals surface area contributed by atoms with Crippen molar-refractivity contribution in [3.05, 3.63) is 35.9 Å². The molecule has 4 nitrogen and oxygen atoms in total. The normalized spacial score (nSPS) is 25.3. The van der Waals surface area contributed by atoms with Gasteiger partial charge in [-0.3, -0.25) is 9.69 Å². The van der Waals surface area contributed by atoms with Crippen LogP contribution in [0.4, 0.5) is 0 Å². The summed E-state index contributed by atoms with van der Waals surface area (Å²) in [5.74, 6) is 0.521. The molecule has 1 saturated heterocycles. The number of nitrogens with two attached hydrogens (primary N) is 1. The molecular formula is C21H35Cl2N3O. The summed E-state index contributed by atoms with van der Waals surface area (Å²) < 4.78 is 0. The van der Waals surface area contributed by atoms with Gasteiger partial charge in [0.2, 0.25) is 5.91 Å². The molecule has 2 fully saturated rings. The van der Waals surface area contributed by atoms with Gasteiger partial charge in [0.15, 0.2) is 0 Å². The van der Waals surface area contributed by atoms with Crippen molar-refractivity contribution >= 4 is 30.7 Å². The van der Waals surface area contributed by atoms with Crippen LogP contribution in [0.5, 0.6) is 0 Å². The quantitative estimate of drug-likeness (QED) is 0.766. The molecule has 3 atom stereocenters.